The molecule has 0 saturated heterocycles. The molecule has 2 N–H and O–H groups in total. The molecular weight excluding hydrogens is 419 g/mol. The van der Waals surface area contributed by atoms with E-state index in [0.29, 0.717) is 5.82 Å². The molecule has 29 heavy (non-hydrogen) atoms. The van der Waals surface area contributed by atoms with Crippen molar-refractivity contribution in [3.8, 4) is 11.8 Å². The maximum Gasteiger partial charge on any atom is 0.573 e. The zero-order chi connectivity index (χ0) is 21.2. The predicted molar refractivity (Wildman–Crippen MR) is 91.2 cm³/mol. The van der Waals surface area contributed by atoms with Gasteiger partial charge in [-0.3, -0.25) is 0 Å². The molecule has 1 aliphatic rings. The third-order valence-electron chi connectivity index (χ3n) is 3.28. The van der Waals surface area contributed by atoms with Gasteiger partial charge >= 0.3 is 12.4 Å². The lowest BCUT2D eigenvalue weighted by Crippen LogP contribution is -2.49. The lowest BCUT2D eigenvalue weighted by atomic mass is 10.3. The number of ether oxygens (including phenoxy) is 2. The van der Waals surface area contributed by atoms with Crippen LogP contribution in [0.4, 0.5) is 19.1 Å². The van der Waals surface area contributed by atoms with Crippen molar-refractivity contribution < 1.29 is 31.1 Å². The zero-order valence-corrected chi connectivity index (χ0v) is 15.7. The van der Waals surface area contributed by atoms with Crippen LogP contribution in [0.5, 0.6) is 11.8 Å². The summed E-state index contributed by atoms with van der Waals surface area (Å²) in [5.74, 6) is -0.433. The number of hydrogen-bond acceptors (Lipinski definition) is 10. The van der Waals surface area contributed by atoms with Crippen molar-refractivity contribution in [1.29, 1.82) is 0 Å². The second kappa shape index (κ2) is 7.69. The SMILES string of the molecule is COc1nc(C)nc(N2C=CN(NS(=O)(=O)c3ccccc3OC(F)(F)F)N2)n1. The Balaban J connectivity index is 1.77. The molecule has 156 valence electrons. The average molecular weight is 433 g/mol. The number of nitrogens with one attached hydrogen (secondary N) is 2. The Morgan fingerprint density at radius 3 is 2.55 bits per heavy atom. The van der Waals surface area contributed by atoms with Gasteiger partial charge < -0.3 is 9.47 Å². The Morgan fingerprint density at radius 2 is 1.86 bits per heavy atom. The van der Waals surface area contributed by atoms with E-state index < -0.39 is 27.0 Å². The van der Waals surface area contributed by atoms with Crippen LogP contribution >= 0.6 is 0 Å². The van der Waals surface area contributed by atoms with Crippen LogP contribution < -0.4 is 24.8 Å². The highest BCUT2D eigenvalue weighted by atomic mass is 32.2. The number of aryl methyl sites for hydroxylation is 1. The molecule has 2 aromatic rings. The molecule has 0 aliphatic carbocycles. The molecule has 2 heterocycles. The summed E-state index contributed by atoms with van der Waals surface area (Å²) in [4.78, 5) is 13.3. The summed E-state index contributed by atoms with van der Waals surface area (Å²) in [7, 11) is -3.07. The fourth-order valence-electron chi connectivity index (χ4n) is 2.18. The third-order valence-corrected chi connectivity index (χ3v) is 4.63. The number of anilines is 1. The minimum absolute atomic E-state index is 0.0416. The molecule has 0 amide bonds. The van der Waals surface area contributed by atoms with E-state index in [1.165, 1.54) is 36.7 Å². The van der Waals surface area contributed by atoms with Crippen molar-refractivity contribution in [1.82, 2.24) is 30.4 Å². The first kappa shape index (κ1) is 20.6. The molecule has 0 bridgehead atoms. The molecule has 1 aromatic heterocycles. The van der Waals surface area contributed by atoms with E-state index in [2.05, 4.69) is 30.1 Å². The van der Waals surface area contributed by atoms with Gasteiger partial charge in [-0.2, -0.15) is 15.0 Å². The quantitative estimate of drug-likeness (QED) is 0.682. The average Bonchev–Trinajstić information content (AvgIpc) is 3.08. The van der Waals surface area contributed by atoms with Gasteiger partial charge in [-0.1, -0.05) is 12.1 Å². The van der Waals surface area contributed by atoms with E-state index in [1.54, 1.807) is 6.92 Å². The number of rotatable bonds is 6. The second-order valence-corrected chi connectivity index (χ2v) is 7.03. The Morgan fingerprint density at radius 1 is 1.14 bits per heavy atom. The number of benzene rings is 1. The van der Waals surface area contributed by atoms with Crippen LogP contribution in [0, 0.1) is 6.92 Å². The minimum atomic E-state index is -5.05. The lowest BCUT2D eigenvalue weighted by Gasteiger charge is -2.22. The van der Waals surface area contributed by atoms with Crippen LogP contribution in [-0.2, 0) is 10.0 Å². The zero-order valence-electron chi connectivity index (χ0n) is 14.9. The summed E-state index contributed by atoms with van der Waals surface area (Å²) in [5, 5.41) is 2.11. The van der Waals surface area contributed by atoms with Gasteiger partial charge in [0.2, 0.25) is 0 Å². The number of hydrazine groups is 3. The highest BCUT2D eigenvalue weighted by Crippen LogP contribution is 2.29. The van der Waals surface area contributed by atoms with E-state index in [9.17, 15) is 21.6 Å². The summed E-state index contributed by atoms with van der Waals surface area (Å²) >= 11 is 0. The van der Waals surface area contributed by atoms with Crippen molar-refractivity contribution in [2.45, 2.75) is 18.2 Å². The van der Waals surface area contributed by atoms with Crippen LogP contribution in [0.3, 0.4) is 0 Å². The van der Waals surface area contributed by atoms with Gasteiger partial charge in [0.05, 0.1) is 13.3 Å². The number of nitrogens with zero attached hydrogens (tertiary/aromatic N) is 5. The highest BCUT2D eigenvalue weighted by molar-refractivity contribution is 7.89. The van der Waals surface area contributed by atoms with Gasteiger partial charge in [-0.25, -0.2) is 18.5 Å². The van der Waals surface area contributed by atoms with Crippen molar-refractivity contribution in [2.24, 2.45) is 0 Å². The Hall–Kier alpha value is -3.17. The molecule has 1 aliphatic heterocycles. The van der Waals surface area contributed by atoms with Crippen molar-refractivity contribution in [3.63, 3.8) is 0 Å². The summed E-state index contributed by atoms with van der Waals surface area (Å²) in [6.45, 7) is 1.60. The molecule has 0 fully saturated rings. The number of aromatic nitrogens is 3. The Bertz CT molecular complexity index is 1030. The molecule has 11 nitrogen and oxygen atoms in total. The maximum absolute atomic E-state index is 12.5. The molecular formula is C14H14F3N7O4S. The highest BCUT2D eigenvalue weighted by Gasteiger charge is 2.34. The monoisotopic (exact) mass is 433 g/mol. The van der Waals surface area contributed by atoms with Gasteiger partial charge in [0.1, 0.15) is 16.5 Å². The summed E-state index contributed by atoms with van der Waals surface area (Å²) in [5.41, 5.74) is 2.57. The summed E-state index contributed by atoms with van der Waals surface area (Å²) < 4.78 is 71.4. The van der Waals surface area contributed by atoms with E-state index in [1.807, 2.05) is 0 Å². The topological polar surface area (TPSA) is 122 Å². The van der Waals surface area contributed by atoms with E-state index in [4.69, 9.17) is 4.74 Å². The molecule has 15 heteroatoms. The summed E-state index contributed by atoms with van der Waals surface area (Å²) in [6, 6.07) is 4.38. The van der Waals surface area contributed by atoms with Crippen LogP contribution in [0.25, 0.3) is 0 Å². The second-order valence-electron chi connectivity index (χ2n) is 5.40. The number of para-hydroxylation sites is 1. The van der Waals surface area contributed by atoms with E-state index in [-0.39, 0.29) is 12.0 Å². The van der Waals surface area contributed by atoms with Crippen LogP contribution in [0.2, 0.25) is 0 Å². The molecule has 0 spiro atoms. The molecule has 0 saturated carbocycles. The van der Waals surface area contributed by atoms with Crippen LogP contribution in [-0.4, -0.2) is 42.0 Å². The molecule has 0 unspecified atom stereocenters. The Labute approximate surface area is 162 Å². The van der Waals surface area contributed by atoms with Crippen LogP contribution in [0.1, 0.15) is 5.82 Å². The smallest absolute Gasteiger partial charge is 0.467 e. The molecule has 0 radical (unpaired) electrons. The first-order chi connectivity index (χ1) is 13.6. The summed E-state index contributed by atoms with van der Waals surface area (Å²) in [6.07, 6.45) is -2.44. The van der Waals surface area contributed by atoms with Crippen molar-refractivity contribution in [3.05, 3.63) is 42.5 Å². The number of hydrogen-bond donors (Lipinski definition) is 2. The number of sulfonamides is 1. The van der Waals surface area contributed by atoms with Gasteiger partial charge in [0.25, 0.3) is 16.0 Å². The van der Waals surface area contributed by atoms with Crippen LogP contribution in [0.15, 0.2) is 41.6 Å². The number of alkyl halides is 3. The first-order valence-corrected chi connectivity index (χ1v) is 9.23. The molecule has 3 rings (SSSR count). The predicted octanol–water partition coefficient (Wildman–Crippen LogP) is 0.994. The van der Waals surface area contributed by atoms with Crippen molar-refractivity contribution >= 4 is 16.0 Å². The van der Waals surface area contributed by atoms with Gasteiger partial charge in [-0.15, -0.1) is 23.5 Å². The maximum atomic E-state index is 12.5. The van der Waals surface area contributed by atoms with Gasteiger partial charge in [0, 0.05) is 6.20 Å². The fourth-order valence-corrected chi connectivity index (χ4v) is 3.27. The molecule has 0 atom stereocenters. The van der Waals surface area contributed by atoms with Gasteiger partial charge in [0.15, 0.2) is 0 Å². The normalized spacial score (nSPS) is 14.4. The number of halogens is 3. The van der Waals surface area contributed by atoms with Gasteiger partial charge in [-0.05, 0) is 19.1 Å². The Kier molecular flexibility index (Phi) is 5.45. The van der Waals surface area contributed by atoms with Crippen molar-refractivity contribution in [2.75, 3.05) is 12.1 Å². The van der Waals surface area contributed by atoms with E-state index >= 15 is 0 Å². The standard InChI is InChI=1S/C14H14F3N7O4S/c1-9-18-12(20-13(19-9)27-2)23-7-8-24(21-23)22-29(25,26)11-6-4-3-5-10(11)28-14(15,16)17/h3-8,21-22H,1-2H3. The first-order valence-electron chi connectivity index (χ1n) is 7.74. The van der Waals surface area contributed by atoms with E-state index in [0.717, 1.165) is 17.3 Å². The molecule has 1 aromatic carbocycles. The third kappa shape index (κ3) is 5.01. The minimum Gasteiger partial charge on any atom is -0.467 e. The largest absolute Gasteiger partial charge is 0.573 e. The number of methoxy groups -OCH3 is 1. The fraction of sp³-hybridized carbons (Fsp3) is 0.214. The lowest BCUT2D eigenvalue weighted by molar-refractivity contribution is -0.275.